The van der Waals surface area contributed by atoms with Gasteiger partial charge in [-0.25, -0.2) is 4.39 Å². The number of aliphatic hydroxyl groups excluding tert-OH is 1. The van der Waals surface area contributed by atoms with Gasteiger partial charge in [-0.3, -0.25) is 14.3 Å². The van der Waals surface area contributed by atoms with E-state index in [1.165, 1.54) is 0 Å². The lowest BCUT2D eigenvalue weighted by Crippen LogP contribution is -2.45. The van der Waals surface area contributed by atoms with Gasteiger partial charge in [0.2, 0.25) is 0 Å². The molecule has 2 aromatic rings. The molecule has 1 heterocycles. The number of carbonyl (C=O) groups is 2. The summed E-state index contributed by atoms with van der Waals surface area (Å²) in [6.45, 7) is 8.04. The van der Waals surface area contributed by atoms with E-state index in [0.717, 1.165) is 43.5 Å². The highest BCUT2D eigenvalue weighted by molar-refractivity contribution is 6.36. The van der Waals surface area contributed by atoms with Gasteiger partial charge in [0.25, 0.3) is 5.91 Å². The van der Waals surface area contributed by atoms with Crippen LogP contribution in [0.4, 0.5) is 4.39 Å². The SMILES string of the molecule is Cc1c(C(=O)N(CC(O)c2c(Cl)cc(F)cc2Cl)C2CCC(C)(C)CC2)cnn1[C@H]1CC[C@](C)(C(=O)O)CC1. The molecule has 2 fully saturated rings. The maximum absolute atomic E-state index is 14.1. The van der Waals surface area contributed by atoms with Crippen LogP contribution in [0, 0.1) is 23.6 Å². The van der Waals surface area contributed by atoms with Gasteiger partial charge in [-0.1, -0.05) is 37.0 Å². The Morgan fingerprint density at radius 2 is 1.67 bits per heavy atom. The first-order valence-corrected chi connectivity index (χ1v) is 14.4. The van der Waals surface area contributed by atoms with Crippen molar-refractivity contribution in [3.63, 3.8) is 0 Å². The number of aliphatic carboxylic acids is 1. The van der Waals surface area contributed by atoms with Gasteiger partial charge in [-0.2, -0.15) is 5.10 Å². The Bertz CT molecular complexity index is 1210. The van der Waals surface area contributed by atoms with Crippen molar-refractivity contribution < 1.29 is 24.2 Å². The van der Waals surface area contributed by atoms with Crippen LogP contribution in [0.1, 0.15) is 106 Å². The topological polar surface area (TPSA) is 95.7 Å². The first-order valence-electron chi connectivity index (χ1n) is 13.6. The highest BCUT2D eigenvalue weighted by atomic mass is 35.5. The van der Waals surface area contributed by atoms with Crippen molar-refractivity contribution >= 4 is 35.1 Å². The molecule has 2 saturated carbocycles. The summed E-state index contributed by atoms with van der Waals surface area (Å²) in [4.78, 5) is 27.4. The van der Waals surface area contributed by atoms with Crippen molar-refractivity contribution in [2.45, 2.75) is 97.2 Å². The highest BCUT2D eigenvalue weighted by Crippen LogP contribution is 2.42. The third-order valence-electron chi connectivity index (χ3n) is 8.95. The number of aliphatic hydroxyl groups is 1. The van der Waals surface area contributed by atoms with Crippen LogP contribution in [-0.2, 0) is 4.79 Å². The van der Waals surface area contributed by atoms with E-state index in [9.17, 15) is 24.2 Å². The number of hydrogen-bond donors (Lipinski definition) is 2. The van der Waals surface area contributed by atoms with E-state index < -0.39 is 23.3 Å². The Labute approximate surface area is 239 Å². The minimum Gasteiger partial charge on any atom is -0.481 e. The average Bonchev–Trinajstić information content (AvgIpc) is 3.23. The molecule has 0 bridgehead atoms. The van der Waals surface area contributed by atoms with Crippen LogP contribution in [0.15, 0.2) is 18.3 Å². The Balaban J connectivity index is 1.60. The summed E-state index contributed by atoms with van der Waals surface area (Å²) in [6.07, 6.45) is 6.27. The zero-order chi connectivity index (χ0) is 28.7. The minimum absolute atomic E-state index is 0.0133. The van der Waals surface area contributed by atoms with Crippen LogP contribution < -0.4 is 0 Å². The molecule has 2 aliphatic carbocycles. The fourth-order valence-electron chi connectivity index (χ4n) is 6.10. The molecule has 2 N–H and O–H groups in total. The van der Waals surface area contributed by atoms with Gasteiger partial charge in [0.05, 0.1) is 45.9 Å². The van der Waals surface area contributed by atoms with Crippen LogP contribution in [0.3, 0.4) is 0 Å². The van der Waals surface area contributed by atoms with Gasteiger partial charge in [-0.05, 0) is 82.8 Å². The highest BCUT2D eigenvalue weighted by Gasteiger charge is 2.39. The van der Waals surface area contributed by atoms with Crippen molar-refractivity contribution in [3.05, 3.63) is 51.0 Å². The largest absolute Gasteiger partial charge is 0.481 e. The Morgan fingerprint density at radius 1 is 1.10 bits per heavy atom. The minimum atomic E-state index is -1.20. The van der Waals surface area contributed by atoms with Crippen LogP contribution in [-0.4, -0.2) is 49.4 Å². The van der Waals surface area contributed by atoms with Crippen molar-refractivity contribution in [1.29, 1.82) is 0 Å². The normalized spacial score (nSPS) is 24.4. The molecule has 39 heavy (non-hydrogen) atoms. The number of rotatable bonds is 7. The second-order valence-electron chi connectivity index (χ2n) is 12.3. The number of aromatic nitrogens is 2. The molecular formula is C29H38Cl2FN3O4. The average molecular weight is 583 g/mol. The van der Waals surface area contributed by atoms with Crippen LogP contribution in [0.5, 0.6) is 0 Å². The number of hydrogen-bond acceptors (Lipinski definition) is 4. The molecule has 1 aromatic carbocycles. The number of amides is 1. The summed E-state index contributed by atoms with van der Waals surface area (Å²) in [5.74, 6) is -1.61. The third-order valence-corrected chi connectivity index (χ3v) is 9.58. The van der Waals surface area contributed by atoms with Crippen LogP contribution in [0.2, 0.25) is 10.0 Å². The van der Waals surface area contributed by atoms with Crippen LogP contribution >= 0.6 is 23.2 Å². The molecule has 7 nitrogen and oxygen atoms in total. The number of nitrogens with zero attached hydrogens (tertiary/aromatic N) is 3. The van der Waals surface area contributed by atoms with Crippen LogP contribution in [0.25, 0.3) is 0 Å². The Morgan fingerprint density at radius 3 is 2.21 bits per heavy atom. The quantitative estimate of drug-likeness (QED) is 0.367. The second kappa shape index (κ2) is 11.4. The molecule has 0 spiro atoms. The molecule has 1 amide bonds. The first-order chi connectivity index (χ1) is 18.2. The Kier molecular flexibility index (Phi) is 8.70. The van der Waals surface area contributed by atoms with Crippen molar-refractivity contribution in [3.8, 4) is 0 Å². The zero-order valence-electron chi connectivity index (χ0n) is 23.0. The van der Waals surface area contributed by atoms with Crippen molar-refractivity contribution in [2.24, 2.45) is 10.8 Å². The summed E-state index contributed by atoms with van der Waals surface area (Å²) in [5.41, 5.74) is 0.817. The molecule has 4 rings (SSSR count). The van der Waals surface area contributed by atoms with E-state index >= 15 is 0 Å². The standard InChI is InChI=1S/C29H38Cl2FN3O4/c1-17-21(15-33-35(17)20-7-11-29(4,12-8-20)27(38)39)26(37)34(19-5-9-28(2,3)10-6-19)16-24(36)25-22(30)13-18(32)14-23(25)31/h13-15,19-20,24,36H,5-12,16H2,1-4H3,(H,38,39)/t20-,24?,29-. The molecule has 0 aliphatic heterocycles. The number of carbonyl (C=O) groups excluding carboxylic acids is 1. The molecule has 1 unspecified atom stereocenters. The van der Waals surface area contributed by atoms with E-state index in [2.05, 4.69) is 18.9 Å². The van der Waals surface area contributed by atoms with Gasteiger partial charge in [0.1, 0.15) is 5.82 Å². The fourth-order valence-corrected chi connectivity index (χ4v) is 6.81. The zero-order valence-corrected chi connectivity index (χ0v) is 24.5. The maximum atomic E-state index is 14.1. The second-order valence-corrected chi connectivity index (χ2v) is 13.2. The van der Waals surface area contributed by atoms with E-state index in [1.54, 1.807) is 18.0 Å². The lowest BCUT2D eigenvalue weighted by Gasteiger charge is -2.41. The number of benzene rings is 1. The fraction of sp³-hybridized carbons (Fsp3) is 0.621. The van der Waals surface area contributed by atoms with E-state index in [0.29, 0.717) is 31.2 Å². The summed E-state index contributed by atoms with van der Waals surface area (Å²) >= 11 is 12.5. The lowest BCUT2D eigenvalue weighted by molar-refractivity contribution is -0.150. The molecule has 1 aromatic heterocycles. The summed E-state index contributed by atoms with van der Waals surface area (Å²) in [6, 6.07) is 2.14. The maximum Gasteiger partial charge on any atom is 0.309 e. The number of halogens is 3. The monoisotopic (exact) mass is 581 g/mol. The predicted molar refractivity (Wildman–Crippen MR) is 149 cm³/mol. The number of carboxylic acid groups (broad SMARTS) is 1. The Hall–Kier alpha value is -2.16. The predicted octanol–water partition coefficient (Wildman–Crippen LogP) is 6.99. The lowest BCUT2D eigenvalue weighted by atomic mass is 9.74. The van der Waals surface area contributed by atoms with E-state index in [4.69, 9.17) is 23.2 Å². The summed E-state index contributed by atoms with van der Waals surface area (Å²) in [5, 5.41) is 25.3. The van der Waals surface area contributed by atoms with Gasteiger partial charge in [0, 0.05) is 17.3 Å². The molecular weight excluding hydrogens is 544 g/mol. The van der Waals surface area contributed by atoms with Gasteiger partial charge in [-0.15, -0.1) is 0 Å². The molecule has 1 atom stereocenters. The molecule has 0 radical (unpaired) electrons. The molecule has 214 valence electrons. The van der Waals surface area contributed by atoms with Gasteiger partial charge >= 0.3 is 5.97 Å². The van der Waals surface area contributed by atoms with E-state index in [1.807, 2.05) is 11.6 Å². The van der Waals surface area contributed by atoms with Gasteiger partial charge in [0.15, 0.2) is 0 Å². The van der Waals surface area contributed by atoms with E-state index in [-0.39, 0.29) is 45.6 Å². The van der Waals surface area contributed by atoms with Gasteiger partial charge < -0.3 is 15.1 Å². The number of carboxylic acids is 1. The summed E-state index contributed by atoms with van der Waals surface area (Å²) in [7, 11) is 0. The first kappa shape index (κ1) is 29.8. The third kappa shape index (κ3) is 6.28. The molecule has 2 aliphatic rings. The van der Waals surface area contributed by atoms with Crippen molar-refractivity contribution in [1.82, 2.24) is 14.7 Å². The molecule has 10 heteroatoms. The van der Waals surface area contributed by atoms with Crippen molar-refractivity contribution in [2.75, 3.05) is 6.54 Å². The molecule has 0 saturated heterocycles. The summed E-state index contributed by atoms with van der Waals surface area (Å²) < 4.78 is 15.6. The smallest absolute Gasteiger partial charge is 0.309 e.